The zero-order chi connectivity index (χ0) is 41.2. The molecule has 0 unspecified atom stereocenters. The summed E-state index contributed by atoms with van der Waals surface area (Å²) in [6.45, 7) is 27.0. The van der Waals surface area contributed by atoms with Crippen LogP contribution >= 0.6 is 0 Å². The standard InChI is InChI=1S/C53H55N4O.Pt/c1-50(2,3)37-20-17-21-40(28-37)56-35-55(34-48(56)52(7,8)9)41-29-39(51(4,5)6)30-43(32-41)58-42-24-25-45-44-22-15-16-23-46(44)57(47(45)33-42)49-31-38(26-27-54-49)53(10,11)36-18-13-12-14-19-36;/h12-31,34-35H,1-11H3;/q-3;. The molecule has 6 heteroatoms. The summed E-state index contributed by atoms with van der Waals surface area (Å²) < 4.78 is 9.00. The summed E-state index contributed by atoms with van der Waals surface area (Å²) in [7, 11) is 0. The summed E-state index contributed by atoms with van der Waals surface area (Å²) in [6, 6.07) is 48.2. The van der Waals surface area contributed by atoms with Crippen LogP contribution in [0.2, 0.25) is 0 Å². The first-order valence-electron chi connectivity index (χ1n) is 20.4. The number of anilines is 2. The molecule has 0 atom stereocenters. The van der Waals surface area contributed by atoms with Gasteiger partial charge < -0.3 is 19.1 Å². The maximum atomic E-state index is 6.78. The second-order valence-electron chi connectivity index (χ2n) is 19.3. The number of para-hydroxylation sites is 1. The van der Waals surface area contributed by atoms with Crippen molar-refractivity contribution in [2.75, 3.05) is 9.80 Å². The third kappa shape index (κ3) is 8.24. The van der Waals surface area contributed by atoms with Gasteiger partial charge in [0.15, 0.2) is 0 Å². The van der Waals surface area contributed by atoms with E-state index in [2.05, 4.69) is 225 Å². The molecule has 0 fully saturated rings. The summed E-state index contributed by atoms with van der Waals surface area (Å²) in [6.07, 6.45) is 4.16. The zero-order valence-electron chi connectivity index (χ0n) is 36.2. The molecule has 306 valence electrons. The van der Waals surface area contributed by atoms with Gasteiger partial charge in [-0.15, -0.1) is 53.6 Å². The fourth-order valence-electron chi connectivity index (χ4n) is 7.83. The van der Waals surface area contributed by atoms with E-state index in [1.54, 1.807) is 0 Å². The Morgan fingerprint density at radius 3 is 1.98 bits per heavy atom. The van der Waals surface area contributed by atoms with Gasteiger partial charge in [-0.1, -0.05) is 142 Å². The van der Waals surface area contributed by atoms with E-state index in [4.69, 9.17) is 9.72 Å². The fraction of sp³-hybridized carbons (Fsp3) is 0.283. The fourth-order valence-corrected chi connectivity index (χ4v) is 7.83. The van der Waals surface area contributed by atoms with Crippen molar-refractivity contribution in [2.24, 2.45) is 5.41 Å². The van der Waals surface area contributed by atoms with Crippen LogP contribution in [0.15, 0.2) is 133 Å². The Bertz CT molecular complexity index is 2670. The number of allylic oxidation sites excluding steroid dienone is 1. The summed E-state index contributed by atoms with van der Waals surface area (Å²) in [5, 5.41) is 2.23. The van der Waals surface area contributed by atoms with Gasteiger partial charge in [0.2, 0.25) is 0 Å². The molecule has 1 aliphatic heterocycles. The van der Waals surface area contributed by atoms with E-state index in [0.717, 1.165) is 44.6 Å². The average Bonchev–Trinajstić information content (AvgIpc) is 3.79. The molecular formula is C53H55N4OPt-3. The van der Waals surface area contributed by atoms with Crippen LogP contribution in [-0.4, -0.2) is 9.55 Å². The largest absolute Gasteiger partial charge is 0.509 e. The van der Waals surface area contributed by atoms with E-state index in [-0.39, 0.29) is 42.7 Å². The normalized spacial score (nSPS) is 13.8. The predicted octanol–water partition coefficient (Wildman–Crippen LogP) is 13.8. The first-order valence-corrected chi connectivity index (χ1v) is 20.4. The number of rotatable bonds is 7. The predicted molar refractivity (Wildman–Crippen MR) is 242 cm³/mol. The molecule has 59 heavy (non-hydrogen) atoms. The Morgan fingerprint density at radius 1 is 0.576 bits per heavy atom. The van der Waals surface area contributed by atoms with Crippen LogP contribution in [0.3, 0.4) is 0 Å². The van der Waals surface area contributed by atoms with Gasteiger partial charge in [0.25, 0.3) is 0 Å². The number of benzene rings is 5. The number of hydrogen-bond acceptors (Lipinski definition) is 4. The Hall–Kier alpha value is -5.12. The number of hydrogen-bond donors (Lipinski definition) is 0. The first kappa shape index (κ1) is 42.0. The van der Waals surface area contributed by atoms with Gasteiger partial charge in [-0.25, -0.2) is 4.98 Å². The van der Waals surface area contributed by atoms with E-state index in [1.165, 1.54) is 22.4 Å². The summed E-state index contributed by atoms with van der Waals surface area (Å²) in [5.74, 6) is 2.09. The zero-order valence-corrected chi connectivity index (χ0v) is 38.5. The van der Waals surface area contributed by atoms with Crippen LogP contribution in [0.4, 0.5) is 11.4 Å². The molecule has 0 aliphatic carbocycles. The molecule has 5 nitrogen and oxygen atoms in total. The van der Waals surface area contributed by atoms with Crippen molar-refractivity contribution in [3.63, 3.8) is 0 Å². The van der Waals surface area contributed by atoms with Crippen molar-refractivity contribution in [1.29, 1.82) is 0 Å². The number of aromatic nitrogens is 2. The van der Waals surface area contributed by atoms with Crippen LogP contribution in [0.25, 0.3) is 27.6 Å². The van der Waals surface area contributed by atoms with E-state index < -0.39 is 0 Å². The molecule has 0 amide bonds. The molecule has 8 rings (SSSR count). The molecule has 0 radical (unpaired) electrons. The van der Waals surface area contributed by atoms with Gasteiger partial charge in [-0.2, -0.15) is 6.07 Å². The van der Waals surface area contributed by atoms with Crippen molar-refractivity contribution >= 4 is 33.2 Å². The molecule has 0 spiro atoms. The molecule has 1 aliphatic rings. The smallest absolute Gasteiger partial charge is 0.135 e. The van der Waals surface area contributed by atoms with Gasteiger partial charge in [0.05, 0.1) is 0 Å². The first-order chi connectivity index (χ1) is 27.4. The van der Waals surface area contributed by atoms with Crippen molar-refractivity contribution in [1.82, 2.24) is 9.55 Å². The minimum atomic E-state index is -0.218. The minimum Gasteiger partial charge on any atom is -0.509 e. The molecule has 0 N–H and O–H groups in total. The quantitative estimate of drug-likeness (QED) is 0.149. The second-order valence-corrected chi connectivity index (χ2v) is 19.3. The maximum Gasteiger partial charge on any atom is 0.135 e. The van der Waals surface area contributed by atoms with Gasteiger partial charge in [0, 0.05) is 66.5 Å². The topological polar surface area (TPSA) is 33.5 Å². The van der Waals surface area contributed by atoms with Gasteiger partial charge in [-0.05, 0) is 69.4 Å². The summed E-state index contributed by atoms with van der Waals surface area (Å²) >= 11 is 0. The SMILES string of the molecule is CC(C)(C)C1=CN(c2[c-]c(Oc3[c-]c4c(cc3)c3ccccc3n4-c3cc(C(C)(C)c4ccccc4)ccn3)cc(C(C)(C)C)c2)[CH-]N1c1cccc(C(C)(C)C)c1.[Pt]. The molecule has 3 heterocycles. The molecule has 0 bridgehead atoms. The van der Waals surface area contributed by atoms with E-state index in [9.17, 15) is 0 Å². The number of nitrogens with zero attached hydrogens (tertiary/aromatic N) is 4. The van der Waals surface area contributed by atoms with Crippen molar-refractivity contribution in [2.45, 2.75) is 92.4 Å². The van der Waals surface area contributed by atoms with E-state index in [0.29, 0.717) is 11.5 Å². The molecule has 7 aromatic rings. The van der Waals surface area contributed by atoms with Crippen molar-refractivity contribution < 1.29 is 25.8 Å². The maximum absolute atomic E-state index is 6.78. The van der Waals surface area contributed by atoms with Crippen molar-refractivity contribution in [3.05, 3.63) is 174 Å². The average molecular weight is 959 g/mol. The molecular weight excluding hydrogens is 904 g/mol. The molecule has 0 saturated carbocycles. The van der Waals surface area contributed by atoms with E-state index >= 15 is 0 Å². The number of fused-ring (bicyclic) bond motifs is 3. The molecule has 2 aromatic heterocycles. The Morgan fingerprint density at radius 2 is 1.27 bits per heavy atom. The van der Waals surface area contributed by atoms with E-state index in [1.807, 2.05) is 12.3 Å². The van der Waals surface area contributed by atoms with Crippen molar-refractivity contribution in [3.8, 4) is 17.3 Å². The van der Waals surface area contributed by atoms with Gasteiger partial charge >= 0.3 is 0 Å². The number of pyridine rings is 1. The monoisotopic (exact) mass is 958 g/mol. The van der Waals surface area contributed by atoms with Gasteiger partial charge in [0.1, 0.15) is 5.82 Å². The Labute approximate surface area is 366 Å². The van der Waals surface area contributed by atoms with Gasteiger partial charge in [-0.3, -0.25) is 0 Å². The molecule has 5 aromatic carbocycles. The third-order valence-corrected chi connectivity index (χ3v) is 11.5. The molecule has 0 saturated heterocycles. The minimum absolute atomic E-state index is 0. The Kier molecular flexibility index (Phi) is 11.0. The van der Waals surface area contributed by atoms with Crippen LogP contribution in [-0.2, 0) is 37.3 Å². The van der Waals surface area contributed by atoms with Crippen LogP contribution in [0.1, 0.15) is 98.4 Å². The third-order valence-electron chi connectivity index (χ3n) is 11.5. The Balaban J connectivity index is 0.00000528. The summed E-state index contributed by atoms with van der Waals surface area (Å²) in [4.78, 5) is 9.45. The van der Waals surface area contributed by atoms with Crippen LogP contribution in [0.5, 0.6) is 11.5 Å². The van der Waals surface area contributed by atoms with Crippen LogP contribution < -0.4 is 14.5 Å². The second kappa shape index (κ2) is 15.5. The summed E-state index contributed by atoms with van der Waals surface area (Å²) in [5.41, 5.74) is 9.70. The van der Waals surface area contributed by atoms with Crippen LogP contribution in [0, 0.1) is 24.2 Å². The number of ether oxygens (including phenoxy) is 1.